The van der Waals surface area contributed by atoms with Crippen molar-refractivity contribution in [1.82, 2.24) is 10.2 Å². The molecule has 108 valence electrons. The zero-order chi connectivity index (χ0) is 14.5. The Morgan fingerprint density at radius 1 is 1.35 bits per heavy atom. The normalized spacial score (nSPS) is 17.9. The maximum Gasteiger partial charge on any atom is 0.237 e. The van der Waals surface area contributed by atoms with Crippen LogP contribution in [0.3, 0.4) is 0 Å². The summed E-state index contributed by atoms with van der Waals surface area (Å²) in [6, 6.07) is 7.93. The summed E-state index contributed by atoms with van der Waals surface area (Å²) in [6.45, 7) is 3.61. The summed E-state index contributed by atoms with van der Waals surface area (Å²) in [5.41, 5.74) is 7.38. The summed E-state index contributed by atoms with van der Waals surface area (Å²) >= 11 is 0. The van der Waals surface area contributed by atoms with Gasteiger partial charge in [-0.1, -0.05) is 29.8 Å². The van der Waals surface area contributed by atoms with Crippen LogP contribution in [0.25, 0.3) is 0 Å². The van der Waals surface area contributed by atoms with Crippen LogP contribution in [0.4, 0.5) is 0 Å². The van der Waals surface area contributed by atoms with Gasteiger partial charge in [0.15, 0.2) is 0 Å². The Balaban J connectivity index is 2.05. The Hall–Kier alpha value is -1.88. The Labute approximate surface area is 119 Å². The molecule has 1 heterocycles. The van der Waals surface area contributed by atoms with Crippen LogP contribution < -0.4 is 11.1 Å². The van der Waals surface area contributed by atoms with Gasteiger partial charge in [-0.15, -0.1) is 0 Å². The minimum absolute atomic E-state index is 0.00294. The first-order chi connectivity index (χ1) is 9.56. The highest BCUT2D eigenvalue weighted by molar-refractivity contribution is 5.85. The predicted octanol–water partition coefficient (Wildman–Crippen LogP) is 0.213. The van der Waals surface area contributed by atoms with Crippen LogP contribution in [0.1, 0.15) is 17.5 Å². The zero-order valence-electron chi connectivity index (χ0n) is 11.8. The van der Waals surface area contributed by atoms with Gasteiger partial charge in [0.05, 0.1) is 13.0 Å². The van der Waals surface area contributed by atoms with Gasteiger partial charge in [0.1, 0.15) is 0 Å². The number of nitrogens with two attached hydrogens (primary N) is 1. The first-order valence-electron chi connectivity index (χ1n) is 6.90. The quantitative estimate of drug-likeness (QED) is 0.807. The van der Waals surface area contributed by atoms with Gasteiger partial charge in [-0.05, 0) is 25.5 Å². The average molecular weight is 275 g/mol. The molecule has 0 spiro atoms. The summed E-state index contributed by atoms with van der Waals surface area (Å²) in [4.78, 5) is 25.2. The number of carbonyl (C=O) groups excluding carboxylic acids is 2. The molecule has 0 aliphatic carbocycles. The maximum absolute atomic E-state index is 12.4. The number of aryl methyl sites for hydroxylation is 1. The van der Waals surface area contributed by atoms with E-state index >= 15 is 0 Å². The van der Waals surface area contributed by atoms with Gasteiger partial charge in [-0.2, -0.15) is 0 Å². The largest absolute Gasteiger partial charge is 0.368 e. The fourth-order valence-electron chi connectivity index (χ4n) is 2.48. The van der Waals surface area contributed by atoms with Crippen molar-refractivity contribution in [1.29, 1.82) is 0 Å². The summed E-state index contributed by atoms with van der Waals surface area (Å²) in [6.07, 6.45) is 1.18. The molecule has 1 aromatic rings. The number of primary amides is 1. The molecule has 1 aliphatic rings. The van der Waals surface area contributed by atoms with E-state index in [2.05, 4.69) is 5.32 Å². The summed E-state index contributed by atoms with van der Waals surface area (Å²) in [5, 5.41) is 3.21. The molecule has 1 saturated heterocycles. The van der Waals surface area contributed by atoms with Crippen LogP contribution in [0.2, 0.25) is 0 Å². The van der Waals surface area contributed by atoms with Crippen molar-refractivity contribution in [2.75, 3.05) is 19.6 Å². The Bertz CT molecular complexity index is 478. The third kappa shape index (κ3) is 3.81. The average Bonchev–Trinajstić information content (AvgIpc) is 2.92. The van der Waals surface area contributed by atoms with Crippen molar-refractivity contribution in [3.05, 3.63) is 35.4 Å². The Morgan fingerprint density at radius 2 is 2.05 bits per heavy atom. The second-order valence-electron chi connectivity index (χ2n) is 5.30. The third-order valence-electron chi connectivity index (χ3n) is 3.60. The lowest BCUT2D eigenvalue weighted by atomic mass is 10.1. The van der Waals surface area contributed by atoms with Gasteiger partial charge < -0.3 is 16.0 Å². The van der Waals surface area contributed by atoms with Gasteiger partial charge in [-0.25, -0.2) is 0 Å². The van der Waals surface area contributed by atoms with Gasteiger partial charge in [0, 0.05) is 12.6 Å². The van der Waals surface area contributed by atoms with Crippen molar-refractivity contribution >= 4 is 11.8 Å². The molecule has 1 atom stereocenters. The molecule has 5 heteroatoms. The minimum atomic E-state index is -0.464. The SMILES string of the molecule is Cc1ccc(CC(=O)N(CC(N)=O)C2CCNC2)cc1. The first kappa shape index (κ1) is 14.5. The van der Waals surface area contributed by atoms with Crippen LogP contribution in [-0.4, -0.2) is 42.4 Å². The molecule has 0 saturated carbocycles. The second-order valence-corrected chi connectivity index (χ2v) is 5.30. The smallest absolute Gasteiger partial charge is 0.237 e. The van der Waals surface area contributed by atoms with Crippen LogP contribution in [0.5, 0.6) is 0 Å². The molecule has 1 fully saturated rings. The molecule has 2 rings (SSSR count). The minimum Gasteiger partial charge on any atom is -0.368 e. The standard InChI is InChI=1S/C15H21N3O2/c1-11-2-4-12(5-3-11)8-15(20)18(10-14(16)19)13-6-7-17-9-13/h2-5,13,17H,6-10H2,1H3,(H2,16,19). The Morgan fingerprint density at radius 3 is 2.60 bits per heavy atom. The lowest BCUT2D eigenvalue weighted by Crippen LogP contribution is -2.46. The molecule has 1 aromatic carbocycles. The van der Waals surface area contributed by atoms with E-state index in [0.717, 1.165) is 30.6 Å². The highest BCUT2D eigenvalue weighted by Crippen LogP contribution is 2.12. The van der Waals surface area contributed by atoms with Crippen molar-refractivity contribution in [2.24, 2.45) is 5.73 Å². The Kier molecular flexibility index (Phi) is 4.74. The molecular weight excluding hydrogens is 254 g/mol. The molecule has 1 aliphatic heterocycles. The third-order valence-corrected chi connectivity index (χ3v) is 3.60. The molecule has 3 N–H and O–H groups in total. The number of rotatable bonds is 5. The van der Waals surface area contributed by atoms with E-state index in [1.165, 1.54) is 0 Å². The van der Waals surface area contributed by atoms with Crippen LogP contribution in [-0.2, 0) is 16.0 Å². The monoisotopic (exact) mass is 275 g/mol. The summed E-state index contributed by atoms with van der Waals surface area (Å²) in [5.74, 6) is -0.504. The van der Waals surface area contributed by atoms with E-state index < -0.39 is 5.91 Å². The molecule has 2 amide bonds. The van der Waals surface area contributed by atoms with Crippen LogP contribution in [0.15, 0.2) is 24.3 Å². The van der Waals surface area contributed by atoms with Gasteiger partial charge in [0.25, 0.3) is 0 Å². The van der Waals surface area contributed by atoms with Crippen molar-refractivity contribution in [2.45, 2.75) is 25.8 Å². The number of hydrogen-bond donors (Lipinski definition) is 2. The van der Waals surface area contributed by atoms with Gasteiger partial charge in [0.2, 0.25) is 11.8 Å². The van der Waals surface area contributed by atoms with E-state index in [0.29, 0.717) is 6.42 Å². The molecule has 5 nitrogen and oxygen atoms in total. The van der Waals surface area contributed by atoms with E-state index in [-0.39, 0.29) is 18.5 Å². The number of nitrogens with zero attached hydrogens (tertiary/aromatic N) is 1. The molecule has 0 radical (unpaired) electrons. The van der Waals surface area contributed by atoms with E-state index in [9.17, 15) is 9.59 Å². The van der Waals surface area contributed by atoms with E-state index in [1.807, 2.05) is 31.2 Å². The van der Waals surface area contributed by atoms with Crippen LogP contribution in [0, 0.1) is 6.92 Å². The highest BCUT2D eigenvalue weighted by Gasteiger charge is 2.27. The number of carbonyl (C=O) groups is 2. The number of amides is 2. The highest BCUT2D eigenvalue weighted by atomic mass is 16.2. The van der Waals surface area contributed by atoms with Crippen LogP contribution >= 0.6 is 0 Å². The molecule has 1 unspecified atom stereocenters. The molecule has 20 heavy (non-hydrogen) atoms. The predicted molar refractivity (Wildman–Crippen MR) is 77.1 cm³/mol. The van der Waals surface area contributed by atoms with Gasteiger partial charge >= 0.3 is 0 Å². The van der Waals surface area contributed by atoms with Crippen molar-refractivity contribution in [3.63, 3.8) is 0 Å². The number of benzene rings is 1. The fourth-order valence-corrected chi connectivity index (χ4v) is 2.48. The van der Waals surface area contributed by atoms with Gasteiger partial charge in [-0.3, -0.25) is 9.59 Å². The molecular formula is C15H21N3O2. The number of hydrogen-bond acceptors (Lipinski definition) is 3. The number of nitrogens with one attached hydrogen (secondary N) is 1. The summed E-state index contributed by atoms with van der Waals surface area (Å²) < 4.78 is 0. The van der Waals surface area contributed by atoms with E-state index in [1.54, 1.807) is 4.90 Å². The zero-order valence-corrected chi connectivity index (χ0v) is 11.8. The fraction of sp³-hybridized carbons (Fsp3) is 0.467. The topological polar surface area (TPSA) is 75.4 Å². The first-order valence-corrected chi connectivity index (χ1v) is 6.90. The summed E-state index contributed by atoms with van der Waals surface area (Å²) in [7, 11) is 0. The van der Waals surface area contributed by atoms with Crippen molar-refractivity contribution in [3.8, 4) is 0 Å². The van der Waals surface area contributed by atoms with E-state index in [4.69, 9.17) is 5.73 Å². The maximum atomic E-state index is 12.4. The lowest BCUT2D eigenvalue weighted by molar-refractivity contribution is -0.136. The molecule has 0 aromatic heterocycles. The molecule has 0 bridgehead atoms. The lowest BCUT2D eigenvalue weighted by Gasteiger charge is -2.27. The van der Waals surface area contributed by atoms with Crippen molar-refractivity contribution < 1.29 is 9.59 Å². The second kappa shape index (κ2) is 6.52.